The number of carbonyl (C=O) groups excluding carboxylic acids is 1. The molecule has 0 N–H and O–H groups in total. The largest absolute Gasteiger partial charge is 0.465 e. The second-order valence-electron chi connectivity index (χ2n) is 5.06. The van der Waals surface area contributed by atoms with Crippen molar-refractivity contribution in [2.45, 2.75) is 0 Å². The van der Waals surface area contributed by atoms with Gasteiger partial charge < -0.3 is 4.42 Å². The average Bonchev–Trinajstić information content (AvgIpc) is 3.31. The summed E-state index contributed by atoms with van der Waals surface area (Å²) in [6.07, 6.45) is 4.74. The van der Waals surface area contributed by atoms with Gasteiger partial charge in [-0.2, -0.15) is 0 Å². The molecule has 0 spiro atoms. The fraction of sp³-hybridized carbons (Fsp3) is 0. The summed E-state index contributed by atoms with van der Waals surface area (Å²) in [5.41, 5.74) is 0.837. The highest BCUT2D eigenvalue weighted by molar-refractivity contribution is 7.14. The van der Waals surface area contributed by atoms with Gasteiger partial charge in [-0.05, 0) is 30.3 Å². The summed E-state index contributed by atoms with van der Waals surface area (Å²) >= 11 is 13.6. The van der Waals surface area contributed by atoms with E-state index in [0.29, 0.717) is 32.3 Å². The van der Waals surface area contributed by atoms with Gasteiger partial charge in [0.25, 0.3) is 5.91 Å². The zero-order valence-electron chi connectivity index (χ0n) is 12.5. The van der Waals surface area contributed by atoms with Crippen LogP contribution in [0.4, 0.5) is 5.13 Å². The number of amides is 1. The summed E-state index contributed by atoms with van der Waals surface area (Å²) in [7, 11) is 0. The van der Waals surface area contributed by atoms with Crippen LogP contribution in [0.2, 0.25) is 10.0 Å². The number of aliphatic imine (C=N–C) groups is 1. The Kier molecular flexibility index (Phi) is 4.17. The van der Waals surface area contributed by atoms with Crippen molar-refractivity contribution in [1.82, 2.24) is 4.98 Å². The predicted molar refractivity (Wildman–Crippen MR) is 99.3 cm³/mol. The van der Waals surface area contributed by atoms with E-state index in [2.05, 4.69) is 9.98 Å². The van der Waals surface area contributed by atoms with Gasteiger partial charge in [-0.25, -0.2) is 14.9 Å². The van der Waals surface area contributed by atoms with E-state index in [-0.39, 0.29) is 11.6 Å². The Morgan fingerprint density at radius 3 is 2.80 bits per heavy atom. The fourth-order valence-corrected chi connectivity index (χ4v) is 3.51. The predicted octanol–water partition coefficient (Wildman–Crippen LogP) is 4.88. The minimum atomic E-state index is -0.299. The lowest BCUT2D eigenvalue weighted by molar-refractivity contribution is -0.113. The number of aromatic nitrogens is 1. The van der Waals surface area contributed by atoms with Crippen molar-refractivity contribution in [1.29, 1.82) is 0 Å². The molecule has 4 rings (SSSR count). The van der Waals surface area contributed by atoms with Crippen LogP contribution in [0.5, 0.6) is 0 Å². The second kappa shape index (κ2) is 6.48. The topological polar surface area (TPSA) is 58.7 Å². The van der Waals surface area contributed by atoms with E-state index in [4.69, 9.17) is 27.6 Å². The molecule has 0 saturated carbocycles. The number of hydrogen-bond acceptors (Lipinski definition) is 5. The van der Waals surface area contributed by atoms with E-state index >= 15 is 0 Å². The number of thiazole rings is 1. The number of amidine groups is 1. The Labute approximate surface area is 156 Å². The van der Waals surface area contributed by atoms with Crippen molar-refractivity contribution < 1.29 is 9.21 Å². The van der Waals surface area contributed by atoms with Gasteiger partial charge in [0.2, 0.25) is 0 Å². The lowest BCUT2D eigenvalue weighted by Crippen LogP contribution is -2.32. The highest BCUT2D eigenvalue weighted by atomic mass is 35.5. The quantitative estimate of drug-likeness (QED) is 0.599. The molecule has 1 amide bonds. The average molecular weight is 390 g/mol. The smallest absolute Gasteiger partial charge is 0.284 e. The summed E-state index contributed by atoms with van der Waals surface area (Å²) < 4.78 is 5.28. The first-order valence-corrected chi connectivity index (χ1v) is 8.80. The van der Waals surface area contributed by atoms with Crippen molar-refractivity contribution >= 4 is 57.5 Å². The van der Waals surface area contributed by atoms with Gasteiger partial charge >= 0.3 is 0 Å². The Morgan fingerprint density at radius 1 is 1.24 bits per heavy atom. The van der Waals surface area contributed by atoms with Crippen LogP contribution in [0, 0.1) is 0 Å². The van der Waals surface area contributed by atoms with E-state index < -0.39 is 0 Å². The summed E-state index contributed by atoms with van der Waals surface area (Å²) in [5, 5.41) is 3.21. The summed E-state index contributed by atoms with van der Waals surface area (Å²) in [4.78, 5) is 23.0. The van der Waals surface area contributed by atoms with Gasteiger partial charge in [-0.15, -0.1) is 11.3 Å². The van der Waals surface area contributed by atoms with Gasteiger partial charge in [0.05, 0.1) is 11.3 Å². The Bertz CT molecular complexity index is 995. The first-order valence-electron chi connectivity index (χ1n) is 7.17. The van der Waals surface area contributed by atoms with Gasteiger partial charge in [-0.1, -0.05) is 23.2 Å². The third kappa shape index (κ3) is 3.00. The minimum Gasteiger partial charge on any atom is -0.465 e. The first kappa shape index (κ1) is 16.1. The number of halogens is 2. The van der Waals surface area contributed by atoms with Gasteiger partial charge in [-0.3, -0.25) is 4.79 Å². The Morgan fingerprint density at radius 2 is 2.12 bits per heavy atom. The van der Waals surface area contributed by atoms with Crippen molar-refractivity contribution in [2.24, 2.45) is 4.99 Å². The molecule has 0 radical (unpaired) electrons. The lowest BCUT2D eigenvalue weighted by Gasteiger charge is -2.15. The van der Waals surface area contributed by atoms with E-state index in [0.717, 1.165) is 0 Å². The number of benzene rings is 1. The summed E-state index contributed by atoms with van der Waals surface area (Å²) in [6, 6.07) is 8.53. The van der Waals surface area contributed by atoms with Gasteiger partial charge in [0.1, 0.15) is 11.5 Å². The number of furan rings is 1. The van der Waals surface area contributed by atoms with Crippen LogP contribution in [0.15, 0.2) is 63.3 Å². The maximum Gasteiger partial charge on any atom is 0.284 e. The van der Waals surface area contributed by atoms with Crippen LogP contribution in [0.25, 0.3) is 6.08 Å². The van der Waals surface area contributed by atoms with Crippen molar-refractivity contribution in [2.75, 3.05) is 4.90 Å². The molecule has 1 aromatic carbocycles. The summed E-state index contributed by atoms with van der Waals surface area (Å²) in [5.74, 6) is 0.640. The lowest BCUT2D eigenvalue weighted by atomic mass is 10.2. The highest BCUT2D eigenvalue weighted by Crippen LogP contribution is 2.32. The molecule has 0 saturated heterocycles. The van der Waals surface area contributed by atoms with E-state index in [9.17, 15) is 4.79 Å². The van der Waals surface area contributed by atoms with Crippen molar-refractivity contribution in [3.63, 3.8) is 0 Å². The maximum absolute atomic E-state index is 12.9. The number of nitrogens with zero attached hydrogens (tertiary/aromatic N) is 3. The molecular formula is C17H9Cl2N3O2S. The molecule has 1 aliphatic heterocycles. The van der Waals surface area contributed by atoms with E-state index in [1.807, 2.05) is 0 Å². The zero-order valence-corrected chi connectivity index (χ0v) is 14.8. The summed E-state index contributed by atoms with van der Waals surface area (Å²) in [6.45, 7) is 0. The molecule has 8 heteroatoms. The molecule has 2 aromatic heterocycles. The number of rotatable bonds is 3. The van der Waals surface area contributed by atoms with E-state index in [1.165, 1.54) is 22.5 Å². The van der Waals surface area contributed by atoms with Gasteiger partial charge in [0.15, 0.2) is 11.0 Å². The molecule has 0 unspecified atom stereocenters. The van der Waals surface area contributed by atoms with Crippen LogP contribution in [0.1, 0.15) is 11.3 Å². The molecule has 1 aliphatic rings. The van der Waals surface area contributed by atoms with E-state index in [1.54, 1.807) is 48.0 Å². The molecular weight excluding hydrogens is 381 g/mol. The van der Waals surface area contributed by atoms with Crippen LogP contribution < -0.4 is 4.90 Å². The SMILES string of the molecule is O=C1/C(=C/c2ccco2)N=C(c2ccc(Cl)cc2Cl)N1c1nccs1. The Hall–Kier alpha value is -2.41. The first-order chi connectivity index (χ1) is 12.1. The highest BCUT2D eigenvalue weighted by Gasteiger charge is 2.35. The number of anilines is 1. The van der Waals surface area contributed by atoms with Crippen LogP contribution >= 0.6 is 34.5 Å². The van der Waals surface area contributed by atoms with Crippen LogP contribution in [-0.4, -0.2) is 16.7 Å². The third-order valence-electron chi connectivity index (χ3n) is 3.47. The molecule has 3 aromatic rings. The standard InChI is InChI=1S/C17H9Cl2N3O2S/c18-10-3-4-12(13(19)8-10)15-21-14(9-11-2-1-6-24-11)16(23)22(15)17-20-5-7-25-17/h1-9H/b14-9-. The van der Waals surface area contributed by atoms with Crippen LogP contribution in [0.3, 0.4) is 0 Å². The van der Waals surface area contributed by atoms with Gasteiger partial charge in [0, 0.05) is 28.2 Å². The molecule has 124 valence electrons. The third-order valence-corrected chi connectivity index (χ3v) is 4.77. The van der Waals surface area contributed by atoms with Crippen LogP contribution in [-0.2, 0) is 4.79 Å². The molecule has 0 aliphatic carbocycles. The fourth-order valence-electron chi connectivity index (χ4n) is 2.38. The molecule has 25 heavy (non-hydrogen) atoms. The normalized spacial score (nSPS) is 15.9. The minimum absolute atomic E-state index is 0.242. The molecule has 0 atom stereocenters. The second-order valence-corrected chi connectivity index (χ2v) is 6.78. The molecule has 3 heterocycles. The maximum atomic E-state index is 12.9. The zero-order chi connectivity index (χ0) is 17.4. The molecule has 0 fully saturated rings. The molecule has 5 nitrogen and oxygen atoms in total. The molecule has 0 bridgehead atoms. The monoisotopic (exact) mass is 389 g/mol. The van der Waals surface area contributed by atoms with Crippen molar-refractivity contribution in [3.05, 3.63) is 75.2 Å². The van der Waals surface area contributed by atoms with Crippen molar-refractivity contribution in [3.8, 4) is 0 Å². The number of hydrogen-bond donors (Lipinski definition) is 0. The number of carbonyl (C=O) groups is 1. The Balaban J connectivity index is 1.86.